The smallest absolute Gasteiger partial charge is 0.119 e. The van der Waals surface area contributed by atoms with E-state index in [4.69, 9.17) is 4.74 Å². The van der Waals surface area contributed by atoms with E-state index in [1.807, 2.05) is 43.1 Å². The molecule has 0 aliphatic carbocycles. The molecule has 2 rings (SSSR count). The predicted octanol–water partition coefficient (Wildman–Crippen LogP) is 1.44. The van der Waals surface area contributed by atoms with Gasteiger partial charge < -0.3 is 19.7 Å². The van der Waals surface area contributed by atoms with Crippen molar-refractivity contribution in [3.63, 3.8) is 0 Å². The lowest BCUT2D eigenvalue weighted by Gasteiger charge is -2.08. The molecule has 4 nitrogen and oxygen atoms in total. The van der Waals surface area contributed by atoms with Crippen LogP contribution in [-0.2, 0) is 7.05 Å². The zero-order valence-corrected chi connectivity index (χ0v) is 10.4. The monoisotopic (exact) mass is 234 g/mol. The molecule has 4 heteroatoms. The molecule has 1 aromatic carbocycles. The number of fused-ring (bicyclic) bond motifs is 1. The Morgan fingerprint density at radius 2 is 2.24 bits per heavy atom. The number of nitrogens with one attached hydrogen (secondary N) is 1. The molecule has 2 aromatic rings. The quantitative estimate of drug-likeness (QED) is 0.841. The molecule has 0 fully saturated rings. The van der Waals surface area contributed by atoms with Crippen LogP contribution < -0.4 is 10.1 Å². The van der Waals surface area contributed by atoms with E-state index in [1.165, 1.54) is 0 Å². The Morgan fingerprint density at radius 3 is 2.88 bits per heavy atom. The van der Waals surface area contributed by atoms with Gasteiger partial charge in [-0.2, -0.15) is 0 Å². The van der Waals surface area contributed by atoms with Crippen LogP contribution in [0.5, 0.6) is 5.75 Å². The van der Waals surface area contributed by atoms with Crippen LogP contribution in [0.3, 0.4) is 0 Å². The molecule has 92 valence electrons. The van der Waals surface area contributed by atoms with E-state index in [0.29, 0.717) is 6.54 Å². The number of aromatic nitrogens is 1. The van der Waals surface area contributed by atoms with Crippen molar-refractivity contribution in [2.75, 3.05) is 20.7 Å². The summed E-state index contributed by atoms with van der Waals surface area (Å²) in [6, 6.07) is 5.89. The predicted molar refractivity (Wildman–Crippen MR) is 68.4 cm³/mol. The molecule has 0 saturated carbocycles. The standard InChI is InChI=1S/C13H18N2O2/c1-14-7-13(16)11-8-15(2)12-5-4-9(17-3)6-10(11)12/h4-6,8,13-14,16H,7H2,1-3H3. The normalized spacial score (nSPS) is 12.9. The number of benzene rings is 1. The number of methoxy groups -OCH3 is 1. The van der Waals surface area contributed by atoms with Gasteiger partial charge in [0.25, 0.3) is 0 Å². The highest BCUT2D eigenvalue weighted by molar-refractivity contribution is 5.85. The second kappa shape index (κ2) is 4.77. The minimum Gasteiger partial charge on any atom is -0.497 e. The van der Waals surface area contributed by atoms with Crippen molar-refractivity contribution in [3.05, 3.63) is 30.0 Å². The van der Waals surface area contributed by atoms with Crippen LogP contribution >= 0.6 is 0 Å². The minimum absolute atomic E-state index is 0.504. The molecule has 1 heterocycles. The fraction of sp³-hybridized carbons (Fsp3) is 0.385. The van der Waals surface area contributed by atoms with Crippen LogP contribution in [0.1, 0.15) is 11.7 Å². The third kappa shape index (κ3) is 2.14. The van der Waals surface area contributed by atoms with E-state index < -0.39 is 6.10 Å². The van der Waals surface area contributed by atoms with E-state index >= 15 is 0 Å². The molecule has 0 saturated heterocycles. The Bertz CT molecular complexity index is 519. The molecule has 0 aliphatic heterocycles. The number of hydrogen-bond donors (Lipinski definition) is 2. The SMILES string of the molecule is CNCC(O)c1cn(C)c2ccc(OC)cc12. The number of rotatable bonds is 4. The number of aliphatic hydroxyl groups is 1. The first-order valence-corrected chi connectivity index (χ1v) is 5.63. The van der Waals surface area contributed by atoms with Gasteiger partial charge in [-0.1, -0.05) is 0 Å². The van der Waals surface area contributed by atoms with Gasteiger partial charge in [0.05, 0.1) is 13.2 Å². The molecule has 1 aromatic heterocycles. The van der Waals surface area contributed by atoms with Crippen LogP contribution in [0, 0.1) is 0 Å². The summed E-state index contributed by atoms with van der Waals surface area (Å²) in [6.45, 7) is 0.538. The van der Waals surface area contributed by atoms with Crippen molar-refractivity contribution < 1.29 is 9.84 Å². The first-order chi connectivity index (χ1) is 8.17. The molecule has 1 unspecified atom stereocenters. The number of hydrogen-bond acceptors (Lipinski definition) is 3. The number of likely N-dealkylation sites (N-methyl/N-ethyl adjacent to an activating group) is 1. The van der Waals surface area contributed by atoms with Crippen molar-refractivity contribution in [3.8, 4) is 5.75 Å². The Balaban J connectivity index is 2.54. The number of aryl methyl sites for hydroxylation is 1. The van der Waals surface area contributed by atoms with E-state index in [9.17, 15) is 5.11 Å². The highest BCUT2D eigenvalue weighted by Crippen LogP contribution is 2.29. The van der Waals surface area contributed by atoms with Crippen LogP contribution in [0.15, 0.2) is 24.4 Å². The largest absolute Gasteiger partial charge is 0.497 e. The number of nitrogens with zero attached hydrogens (tertiary/aromatic N) is 1. The van der Waals surface area contributed by atoms with Gasteiger partial charge >= 0.3 is 0 Å². The summed E-state index contributed by atoms with van der Waals surface area (Å²) >= 11 is 0. The van der Waals surface area contributed by atoms with Gasteiger partial charge in [-0.05, 0) is 25.2 Å². The molecular weight excluding hydrogens is 216 g/mol. The van der Waals surface area contributed by atoms with Crippen LogP contribution in [0.4, 0.5) is 0 Å². The highest BCUT2D eigenvalue weighted by atomic mass is 16.5. The summed E-state index contributed by atoms with van der Waals surface area (Å²) in [4.78, 5) is 0. The molecular formula is C13H18N2O2. The molecule has 0 spiro atoms. The van der Waals surface area contributed by atoms with Gasteiger partial charge in [0.2, 0.25) is 0 Å². The van der Waals surface area contributed by atoms with Gasteiger partial charge in [-0.25, -0.2) is 0 Å². The highest BCUT2D eigenvalue weighted by Gasteiger charge is 2.14. The lowest BCUT2D eigenvalue weighted by molar-refractivity contribution is 0.179. The van der Waals surface area contributed by atoms with E-state index in [0.717, 1.165) is 22.2 Å². The Labute approximate surface area is 101 Å². The van der Waals surface area contributed by atoms with Gasteiger partial charge in [0.1, 0.15) is 5.75 Å². The molecule has 0 aliphatic rings. The maximum atomic E-state index is 10.1. The average Bonchev–Trinajstić information content (AvgIpc) is 2.66. The summed E-state index contributed by atoms with van der Waals surface area (Å²) in [5, 5.41) is 14.1. The minimum atomic E-state index is -0.504. The zero-order chi connectivity index (χ0) is 12.4. The van der Waals surface area contributed by atoms with Gasteiger partial charge in [-0.3, -0.25) is 0 Å². The van der Waals surface area contributed by atoms with E-state index in [2.05, 4.69) is 5.32 Å². The molecule has 1 atom stereocenters. The Kier molecular flexibility index (Phi) is 3.36. The molecule has 0 radical (unpaired) electrons. The maximum absolute atomic E-state index is 10.1. The zero-order valence-electron chi connectivity index (χ0n) is 10.4. The number of aliphatic hydroxyl groups excluding tert-OH is 1. The van der Waals surface area contributed by atoms with Crippen molar-refractivity contribution in [2.24, 2.45) is 7.05 Å². The van der Waals surface area contributed by atoms with Gasteiger partial charge in [0.15, 0.2) is 0 Å². The first kappa shape index (κ1) is 12.0. The summed E-state index contributed by atoms with van der Waals surface area (Å²) in [6.07, 6.45) is 1.46. The maximum Gasteiger partial charge on any atom is 0.119 e. The van der Waals surface area contributed by atoms with Gasteiger partial charge in [-0.15, -0.1) is 0 Å². The fourth-order valence-electron chi connectivity index (χ4n) is 2.10. The van der Waals surface area contributed by atoms with Crippen molar-refractivity contribution in [1.29, 1.82) is 0 Å². The van der Waals surface area contributed by atoms with Gasteiger partial charge in [0, 0.05) is 36.3 Å². The lowest BCUT2D eigenvalue weighted by atomic mass is 10.1. The topological polar surface area (TPSA) is 46.4 Å². The molecule has 0 amide bonds. The fourth-order valence-corrected chi connectivity index (χ4v) is 2.10. The summed E-state index contributed by atoms with van der Waals surface area (Å²) in [5.41, 5.74) is 2.02. The summed E-state index contributed by atoms with van der Waals surface area (Å²) in [7, 11) is 5.45. The second-order valence-corrected chi connectivity index (χ2v) is 4.15. The summed E-state index contributed by atoms with van der Waals surface area (Å²) in [5.74, 6) is 0.807. The molecule has 17 heavy (non-hydrogen) atoms. The molecule has 2 N–H and O–H groups in total. The van der Waals surface area contributed by atoms with Crippen LogP contribution in [0.2, 0.25) is 0 Å². The third-order valence-corrected chi connectivity index (χ3v) is 2.98. The third-order valence-electron chi connectivity index (χ3n) is 2.98. The van der Waals surface area contributed by atoms with Crippen molar-refractivity contribution >= 4 is 10.9 Å². The van der Waals surface area contributed by atoms with Crippen molar-refractivity contribution in [1.82, 2.24) is 9.88 Å². The van der Waals surface area contributed by atoms with E-state index in [-0.39, 0.29) is 0 Å². The average molecular weight is 234 g/mol. The van der Waals surface area contributed by atoms with E-state index in [1.54, 1.807) is 7.11 Å². The van der Waals surface area contributed by atoms with Crippen LogP contribution in [0.25, 0.3) is 10.9 Å². The number of ether oxygens (including phenoxy) is 1. The second-order valence-electron chi connectivity index (χ2n) is 4.15. The Morgan fingerprint density at radius 1 is 1.47 bits per heavy atom. The summed E-state index contributed by atoms with van der Waals surface area (Å²) < 4.78 is 7.24. The Hall–Kier alpha value is -1.52. The lowest BCUT2D eigenvalue weighted by Crippen LogP contribution is -2.16. The first-order valence-electron chi connectivity index (χ1n) is 5.63. The van der Waals surface area contributed by atoms with Crippen LogP contribution in [-0.4, -0.2) is 30.4 Å². The van der Waals surface area contributed by atoms with Crippen molar-refractivity contribution in [2.45, 2.75) is 6.10 Å². The molecule has 0 bridgehead atoms.